The molecule has 1 aliphatic heterocycles. The number of fused-ring (bicyclic) bond motifs is 3. The molecule has 4 atom stereocenters. The molecule has 0 radical (unpaired) electrons. The molecule has 1 unspecified atom stereocenters. The molecule has 4 aliphatic rings. The number of Topliss-reactive ketones (excluding diaryl/α,β-unsaturated/α-hetero) is 2. The van der Waals surface area contributed by atoms with Crippen LogP contribution in [0.4, 0.5) is 5.69 Å². The first kappa shape index (κ1) is 26.7. The number of aliphatic hydroxyl groups is 3. The number of primary amides is 1. The number of rotatable bonds is 5. The second-order valence-electron chi connectivity index (χ2n) is 10.9. The minimum absolute atomic E-state index is 0.0464. The lowest BCUT2D eigenvalue weighted by Crippen LogP contribution is -2.57. The summed E-state index contributed by atoms with van der Waals surface area (Å²) < 4.78 is 0. The molecule has 0 spiro atoms. The summed E-state index contributed by atoms with van der Waals surface area (Å²) in [5.41, 5.74) is 2.97. The highest BCUT2D eigenvalue weighted by atomic mass is 16.3. The number of allylic oxidation sites excluding steroid dienone is 2. The summed E-state index contributed by atoms with van der Waals surface area (Å²) in [7, 11) is 3.55. The largest absolute Gasteiger partial charge is 0.511 e. The zero-order chi connectivity index (χ0) is 28.4. The van der Waals surface area contributed by atoms with Gasteiger partial charge in [0.25, 0.3) is 5.91 Å². The van der Waals surface area contributed by atoms with Crippen LogP contribution in [0, 0.1) is 11.8 Å². The van der Waals surface area contributed by atoms with Crippen LogP contribution in [0.3, 0.4) is 0 Å². The summed E-state index contributed by atoms with van der Waals surface area (Å²) in [6.45, 7) is 0.697. The number of anilines is 1. The molecule has 8 N–H and O–H groups in total. The SMILES string of the molecule is CN(C)c1cc(CNC(=O)C2CCCN2)c(O)c2c1C[C@H]1C[C@H]3CC(O)=C(C(N)=O)C(=O)[C@@]3(O)C(O)=C1C2=O. The molecule has 0 aromatic heterocycles. The highest BCUT2D eigenvalue weighted by Crippen LogP contribution is 2.52. The van der Waals surface area contributed by atoms with E-state index < -0.39 is 52.0 Å². The summed E-state index contributed by atoms with van der Waals surface area (Å²) in [5.74, 6) is -6.93. The number of benzene rings is 1. The summed E-state index contributed by atoms with van der Waals surface area (Å²) in [4.78, 5) is 53.2. The highest BCUT2D eigenvalue weighted by Gasteiger charge is 2.59. The minimum Gasteiger partial charge on any atom is -0.511 e. The third kappa shape index (κ3) is 3.97. The van der Waals surface area contributed by atoms with Gasteiger partial charge >= 0.3 is 0 Å². The van der Waals surface area contributed by atoms with Gasteiger partial charge in [-0.25, -0.2) is 0 Å². The third-order valence-electron chi connectivity index (χ3n) is 8.43. The number of hydrogen-bond donors (Lipinski definition) is 7. The van der Waals surface area contributed by atoms with E-state index in [0.29, 0.717) is 23.2 Å². The van der Waals surface area contributed by atoms with Crippen molar-refractivity contribution in [2.75, 3.05) is 25.5 Å². The fourth-order valence-corrected chi connectivity index (χ4v) is 6.47. The van der Waals surface area contributed by atoms with Crippen molar-refractivity contribution in [3.8, 4) is 5.75 Å². The number of carbonyl (C=O) groups is 4. The molecule has 12 heteroatoms. The number of ketones is 2. The van der Waals surface area contributed by atoms with Gasteiger partial charge in [-0.15, -0.1) is 0 Å². The van der Waals surface area contributed by atoms with Crippen molar-refractivity contribution in [2.45, 2.75) is 50.3 Å². The average Bonchev–Trinajstić information content (AvgIpc) is 3.40. The van der Waals surface area contributed by atoms with Gasteiger partial charge in [-0.05, 0) is 49.8 Å². The predicted octanol–water partition coefficient (Wildman–Crippen LogP) is 0.0147. The van der Waals surface area contributed by atoms with E-state index in [4.69, 9.17) is 5.73 Å². The molecule has 1 aromatic carbocycles. The molecule has 2 amide bonds. The van der Waals surface area contributed by atoms with Crippen molar-refractivity contribution in [3.05, 3.63) is 45.4 Å². The number of nitrogens with two attached hydrogens (primary N) is 1. The smallest absolute Gasteiger partial charge is 0.255 e. The van der Waals surface area contributed by atoms with Gasteiger partial charge in [0.1, 0.15) is 22.8 Å². The number of carbonyl (C=O) groups excluding carboxylic acids is 4. The predicted molar refractivity (Wildman–Crippen MR) is 138 cm³/mol. The van der Waals surface area contributed by atoms with Gasteiger partial charge in [0.2, 0.25) is 11.7 Å². The van der Waals surface area contributed by atoms with Gasteiger partial charge in [0.15, 0.2) is 11.4 Å². The van der Waals surface area contributed by atoms with Crippen molar-refractivity contribution < 1.29 is 39.6 Å². The highest BCUT2D eigenvalue weighted by molar-refractivity contribution is 6.24. The van der Waals surface area contributed by atoms with Gasteiger partial charge in [-0.1, -0.05) is 0 Å². The lowest BCUT2D eigenvalue weighted by molar-refractivity contribution is -0.144. The van der Waals surface area contributed by atoms with E-state index >= 15 is 0 Å². The van der Waals surface area contributed by atoms with Crippen LogP contribution < -0.4 is 21.3 Å². The summed E-state index contributed by atoms with van der Waals surface area (Å²) in [6.07, 6.45) is 1.56. The fraction of sp³-hybridized carbons (Fsp3) is 0.481. The monoisotopic (exact) mass is 540 g/mol. The number of hydrogen-bond acceptors (Lipinski definition) is 10. The first-order chi connectivity index (χ1) is 18.4. The lowest BCUT2D eigenvalue weighted by atomic mass is 9.60. The van der Waals surface area contributed by atoms with Gasteiger partial charge < -0.3 is 41.7 Å². The van der Waals surface area contributed by atoms with E-state index in [9.17, 15) is 39.6 Å². The Labute approximate surface area is 224 Å². The van der Waals surface area contributed by atoms with Crippen molar-refractivity contribution >= 4 is 29.1 Å². The van der Waals surface area contributed by atoms with E-state index in [1.54, 1.807) is 25.1 Å². The van der Waals surface area contributed by atoms with Gasteiger partial charge in [-0.2, -0.15) is 0 Å². The van der Waals surface area contributed by atoms with Gasteiger partial charge in [-0.3, -0.25) is 19.2 Å². The van der Waals surface area contributed by atoms with E-state index in [-0.39, 0.29) is 54.6 Å². The Morgan fingerprint density at radius 3 is 2.54 bits per heavy atom. The number of aromatic hydroxyl groups is 1. The van der Waals surface area contributed by atoms with Crippen LogP contribution >= 0.6 is 0 Å². The first-order valence-electron chi connectivity index (χ1n) is 12.9. The van der Waals surface area contributed by atoms with Crippen LogP contribution in [0.1, 0.15) is 47.2 Å². The number of phenolic OH excluding ortho intramolecular Hbond substituents is 1. The molecule has 39 heavy (non-hydrogen) atoms. The van der Waals surface area contributed by atoms with Gasteiger partial charge in [0.05, 0.1) is 11.6 Å². The van der Waals surface area contributed by atoms with Crippen LogP contribution in [0.25, 0.3) is 0 Å². The van der Waals surface area contributed by atoms with E-state index in [0.717, 1.165) is 13.0 Å². The molecular formula is C27H32N4O8. The number of aliphatic hydroxyl groups excluding tert-OH is 2. The normalized spacial score (nSPS) is 28.1. The number of amides is 2. The Bertz CT molecular complexity index is 1370. The third-order valence-corrected chi connectivity index (χ3v) is 8.43. The molecule has 1 heterocycles. The van der Waals surface area contributed by atoms with Crippen LogP contribution in [-0.2, 0) is 27.3 Å². The summed E-state index contributed by atoms with van der Waals surface area (Å²) >= 11 is 0. The second-order valence-corrected chi connectivity index (χ2v) is 10.9. The molecule has 1 saturated heterocycles. The van der Waals surface area contributed by atoms with E-state index in [1.165, 1.54) is 0 Å². The average molecular weight is 541 g/mol. The summed E-state index contributed by atoms with van der Waals surface area (Å²) in [6, 6.07) is 1.38. The van der Waals surface area contributed by atoms with Crippen molar-refractivity contribution in [1.82, 2.24) is 10.6 Å². The zero-order valence-electron chi connectivity index (χ0n) is 21.7. The van der Waals surface area contributed by atoms with Crippen LogP contribution in [-0.4, -0.2) is 76.1 Å². The van der Waals surface area contributed by atoms with Crippen molar-refractivity contribution in [3.63, 3.8) is 0 Å². The Morgan fingerprint density at radius 1 is 1.21 bits per heavy atom. The maximum atomic E-state index is 13.9. The Kier molecular flexibility index (Phi) is 6.42. The summed E-state index contributed by atoms with van der Waals surface area (Å²) in [5, 5.41) is 50.0. The first-order valence-corrected chi connectivity index (χ1v) is 12.9. The number of phenols is 1. The maximum absolute atomic E-state index is 13.9. The molecule has 1 aromatic rings. The quantitative estimate of drug-likeness (QED) is 0.249. The van der Waals surface area contributed by atoms with Crippen LogP contribution in [0.5, 0.6) is 5.75 Å². The fourth-order valence-electron chi connectivity index (χ4n) is 6.47. The lowest BCUT2D eigenvalue weighted by Gasteiger charge is -2.46. The Hall–Kier alpha value is -3.90. The van der Waals surface area contributed by atoms with Crippen molar-refractivity contribution in [1.29, 1.82) is 0 Å². The molecule has 5 rings (SSSR count). The van der Waals surface area contributed by atoms with Crippen LogP contribution in [0.15, 0.2) is 28.7 Å². The van der Waals surface area contributed by atoms with Crippen molar-refractivity contribution in [2.24, 2.45) is 17.6 Å². The molecular weight excluding hydrogens is 508 g/mol. The topological polar surface area (TPSA) is 203 Å². The standard InChI is InChI=1S/C27H32N4O8/c1-31(2)16-8-12(10-30-26(38)15-4-3-5-29-15)21(33)19-14(16)7-11-6-13-9-17(32)20(25(28)37)24(36)27(13,39)23(35)18(11)22(19)34/h8,11,13,15,29,32-33,35,39H,3-7,9-10H2,1-2H3,(H2,28,37)(H,30,38)/t11-,13+,15?,27+/m1/s1. The number of nitrogens with zero attached hydrogens (tertiary/aromatic N) is 1. The molecule has 12 nitrogen and oxygen atoms in total. The molecule has 0 saturated carbocycles. The second kappa shape index (κ2) is 9.38. The number of nitrogens with one attached hydrogen (secondary N) is 2. The van der Waals surface area contributed by atoms with E-state index in [1.807, 2.05) is 0 Å². The Morgan fingerprint density at radius 2 is 1.92 bits per heavy atom. The maximum Gasteiger partial charge on any atom is 0.255 e. The molecule has 3 aliphatic carbocycles. The minimum atomic E-state index is -2.62. The van der Waals surface area contributed by atoms with Gasteiger partial charge in [0, 0.05) is 49.8 Å². The van der Waals surface area contributed by atoms with E-state index in [2.05, 4.69) is 10.6 Å². The van der Waals surface area contributed by atoms with Crippen LogP contribution in [0.2, 0.25) is 0 Å². The molecule has 1 fully saturated rings. The Balaban J connectivity index is 1.58. The molecule has 208 valence electrons. The molecule has 0 bridgehead atoms. The zero-order valence-corrected chi connectivity index (χ0v) is 21.7.